The summed E-state index contributed by atoms with van der Waals surface area (Å²) in [7, 11) is 0. The van der Waals surface area contributed by atoms with Gasteiger partial charge in [-0.05, 0) is 49.4 Å². The van der Waals surface area contributed by atoms with Gasteiger partial charge < -0.3 is 14.2 Å². The van der Waals surface area contributed by atoms with Crippen molar-refractivity contribution in [2.45, 2.75) is 13.0 Å². The van der Waals surface area contributed by atoms with Gasteiger partial charge in [-0.3, -0.25) is 0 Å². The molecule has 0 spiro atoms. The summed E-state index contributed by atoms with van der Waals surface area (Å²) in [5.41, 5.74) is 0. The Bertz CT molecular complexity index is 794. The van der Waals surface area contributed by atoms with Crippen LogP contribution in [-0.2, 0) is 0 Å². The molecule has 0 radical (unpaired) electrons. The maximum absolute atomic E-state index is 13.2. The van der Waals surface area contributed by atoms with Crippen LogP contribution in [0.2, 0.25) is 0 Å². The highest BCUT2D eigenvalue weighted by atomic mass is 19.1. The first kappa shape index (κ1) is 16.8. The molecular weight excluding hydrogens is 321 g/mol. The van der Waals surface area contributed by atoms with E-state index in [4.69, 9.17) is 14.2 Å². The molecular formula is C20H18FNO3. The molecule has 0 saturated heterocycles. The molecule has 0 amide bonds. The van der Waals surface area contributed by atoms with Crippen molar-refractivity contribution in [2.24, 2.45) is 0 Å². The van der Waals surface area contributed by atoms with Crippen molar-refractivity contribution in [3.8, 4) is 23.1 Å². The Labute approximate surface area is 145 Å². The number of ether oxygens (including phenoxy) is 3. The number of rotatable bonds is 7. The Balaban J connectivity index is 1.51. The predicted octanol–water partition coefficient (Wildman–Crippen LogP) is 4.86. The fourth-order valence-corrected chi connectivity index (χ4v) is 2.15. The zero-order chi connectivity index (χ0) is 17.5. The van der Waals surface area contributed by atoms with Crippen molar-refractivity contribution in [1.82, 2.24) is 4.98 Å². The number of pyridine rings is 1. The molecule has 25 heavy (non-hydrogen) atoms. The minimum absolute atomic E-state index is 0.142. The first-order chi connectivity index (χ1) is 12.2. The summed E-state index contributed by atoms with van der Waals surface area (Å²) in [6.45, 7) is 2.30. The number of nitrogens with zero attached hydrogens (tertiary/aromatic N) is 1. The van der Waals surface area contributed by atoms with Crippen LogP contribution in [0.3, 0.4) is 0 Å². The number of halogens is 1. The van der Waals surface area contributed by atoms with Gasteiger partial charge in [0, 0.05) is 18.3 Å². The standard InChI is InChI=1S/C20H18FNO3/c1-15(14-23-20-7-2-3-12-22-20)24-17-8-10-18(11-9-17)25-19-6-4-5-16(21)13-19/h2-13,15H,14H2,1H3. The van der Waals surface area contributed by atoms with Gasteiger partial charge in [-0.25, -0.2) is 9.37 Å². The molecule has 5 heteroatoms. The van der Waals surface area contributed by atoms with Gasteiger partial charge in [0.25, 0.3) is 0 Å². The number of hydrogen-bond donors (Lipinski definition) is 0. The maximum Gasteiger partial charge on any atom is 0.213 e. The van der Waals surface area contributed by atoms with Crippen molar-refractivity contribution < 1.29 is 18.6 Å². The zero-order valence-electron chi connectivity index (χ0n) is 13.8. The van der Waals surface area contributed by atoms with Gasteiger partial charge in [-0.15, -0.1) is 0 Å². The minimum Gasteiger partial charge on any atom is -0.487 e. The molecule has 3 rings (SSSR count). The molecule has 0 bridgehead atoms. The largest absolute Gasteiger partial charge is 0.487 e. The monoisotopic (exact) mass is 339 g/mol. The van der Waals surface area contributed by atoms with Gasteiger partial charge >= 0.3 is 0 Å². The fourth-order valence-electron chi connectivity index (χ4n) is 2.15. The molecule has 3 aromatic rings. The third-order valence-electron chi connectivity index (χ3n) is 3.30. The molecule has 1 unspecified atom stereocenters. The number of benzene rings is 2. The van der Waals surface area contributed by atoms with Gasteiger partial charge in [0.15, 0.2) is 0 Å². The smallest absolute Gasteiger partial charge is 0.213 e. The summed E-state index contributed by atoms with van der Waals surface area (Å²) in [5, 5.41) is 0. The number of aromatic nitrogens is 1. The second kappa shape index (κ2) is 8.15. The summed E-state index contributed by atoms with van der Waals surface area (Å²) in [6, 6.07) is 18.6. The third kappa shape index (κ3) is 5.21. The quantitative estimate of drug-likeness (QED) is 0.616. The first-order valence-electron chi connectivity index (χ1n) is 7.93. The average molecular weight is 339 g/mol. The van der Waals surface area contributed by atoms with Crippen LogP contribution in [0, 0.1) is 5.82 Å². The van der Waals surface area contributed by atoms with Crippen LogP contribution in [0.25, 0.3) is 0 Å². The molecule has 0 fully saturated rings. The van der Waals surface area contributed by atoms with Crippen molar-refractivity contribution in [3.05, 3.63) is 78.7 Å². The molecule has 4 nitrogen and oxygen atoms in total. The minimum atomic E-state index is -0.334. The van der Waals surface area contributed by atoms with Crippen molar-refractivity contribution >= 4 is 0 Å². The Morgan fingerprint density at radius 3 is 2.44 bits per heavy atom. The molecule has 1 heterocycles. The van der Waals surface area contributed by atoms with Gasteiger partial charge in [0.05, 0.1) is 0 Å². The van der Waals surface area contributed by atoms with Gasteiger partial charge in [0.2, 0.25) is 5.88 Å². The summed E-state index contributed by atoms with van der Waals surface area (Å²) in [4.78, 5) is 4.09. The van der Waals surface area contributed by atoms with E-state index in [9.17, 15) is 4.39 Å². The highest BCUT2D eigenvalue weighted by Crippen LogP contribution is 2.24. The third-order valence-corrected chi connectivity index (χ3v) is 3.30. The number of hydrogen-bond acceptors (Lipinski definition) is 4. The van der Waals surface area contributed by atoms with E-state index in [2.05, 4.69) is 4.98 Å². The zero-order valence-corrected chi connectivity index (χ0v) is 13.8. The van der Waals surface area contributed by atoms with E-state index in [1.165, 1.54) is 12.1 Å². The topological polar surface area (TPSA) is 40.6 Å². The van der Waals surface area contributed by atoms with E-state index < -0.39 is 0 Å². The van der Waals surface area contributed by atoms with E-state index in [-0.39, 0.29) is 11.9 Å². The lowest BCUT2D eigenvalue weighted by Crippen LogP contribution is -2.21. The maximum atomic E-state index is 13.2. The van der Waals surface area contributed by atoms with Crippen molar-refractivity contribution in [3.63, 3.8) is 0 Å². The van der Waals surface area contributed by atoms with E-state index in [1.807, 2.05) is 19.1 Å². The average Bonchev–Trinajstić information content (AvgIpc) is 2.63. The summed E-state index contributed by atoms with van der Waals surface area (Å²) >= 11 is 0. The summed E-state index contributed by atoms with van der Waals surface area (Å²) < 4.78 is 30.1. The van der Waals surface area contributed by atoms with Crippen LogP contribution >= 0.6 is 0 Å². The molecule has 0 aliphatic carbocycles. The Kier molecular flexibility index (Phi) is 5.46. The molecule has 128 valence electrons. The van der Waals surface area contributed by atoms with E-state index >= 15 is 0 Å². The van der Waals surface area contributed by atoms with Crippen molar-refractivity contribution in [2.75, 3.05) is 6.61 Å². The van der Waals surface area contributed by atoms with Crippen LogP contribution in [0.15, 0.2) is 72.9 Å². The molecule has 2 aromatic carbocycles. The molecule has 0 N–H and O–H groups in total. The lowest BCUT2D eigenvalue weighted by Gasteiger charge is -2.15. The Morgan fingerprint density at radius 1 is 0.920 bits per heavy atom. The second-order valence-electron chi connectivity index (χ2n) is 5.44. The van der Waals surface area contributed by atoms with E-state index in [0.29, 0.717) is 29.7 Å². The van der Waals surface area contributed by atoms with Crippen molar-refractivity contribution in [1.29, 1.82) is 0 Å². The van der Waals surface area contributed by atoms with Crippen LogP contribution in [0.5, 0.6) is 23.1 Å². The van der Waals surface area contributed by atoms with Gasteiger partial charge in [0.1, 0.15) is 35.8 Å². The van der Waals surface area contributed by atoms with Crippen LogP contribution in [-0.4, -0.2) is 17.7 Å². The molecule has 0 aliphatic rings. The van der Waals surface area contributed by atoms with Gasteiger partial charge in [-0.2, -0.15) is 0 Å². The highest BCUT2D eigenvalue weighted by molar-refractivity contribution is 5.35. The predicted molar refractivity (Wildman–Crippen MR) is 92.7 cm³/mol. The summed E-state index contributed by atoms with van der Waals surface area (Å²) in [5.74, 6) is 1.99. The second-order valence-corrected chi connectivity index (χ2v) is 5.44. The SMILES string of the molecule is CC(COc1ccccn1)Oc1ccc(Oc2cccc(F)c2)cc1. The lowest BCUT2D eigenvalue weighted by atomic mass is 10.3. The Hall–Kier alpha value is -3.08. The van der Waals surface area contributed by atoms with E-state index in [0.717, 1.165) is 0 Å². The van der Waals surface area contributed by atoms with E-state index in [1.54, 1.807) is 48.7 Å². The summed E-state index contributed by atoms with van der Waals surface area (Å²) in [6.07, 6.45) is 1.54. The highest BCUT2D eigenvalue weighted by Gasteiger charge is 2.06. The first-order valence-corrected chi connectivity index (χ1v) is 7.93. The van der Waals surface area contributed by atoms with Crippen LogP contribution in [0.4, 0.5) is 4.39 Å². The van der Waals surface area contributed by atoms with Crippen LogP contribution in [0.1, 0.15) is 6.92 Å². The molecule has 1 aromatic heterocycles. The normalized spacial score (nSPS) is 11.6. The lowest BCUT2D eigenvalue weighted by molar-refractivity contribution is 0.140. The fraction of sp³-hybridized carbons (Fsp3) is 0.150. The van der Waals surface area contributed by atoms with Gasteiger partial charge in [-0.1, -0.05) is 12.1 Å². The molecule has 1 atom stereocenters. The Morgan fingerprint density at radius 2 is 1.72 bits per heavy atom. The molecule has 0 saturated carbocycles. The molecule has 0 aliphatic heterocycles. The van der Waals surface area contributed by atoms with Crippen LogP contribution < -0.4 is 14.2 Å².